The quantitative estimate of drug-likeness (QED) is 0.774. The van der Waals surface area contributed by atoms with Crippen molar-refractivity contribution in [1.29, 1.82) is 0 Å². The third-order valence-electron chi connectivity index (χ3n) is 4.37. The van der Waals surface area contributed by atoms with Crippen molar-refractivity contribution in [3.05, 3.63) is 77.9 Å². The number of carboxylic acid groups (broad SMARTS) is 2. The summed E-state index contributed by atoms with van der Waals surface area (Å²) in [5.41, 5.74) is 2.70. The largest absolute Gasteiger partial charge is 0.473 e. The van der Waals surface area contributed by atoms with Crippen LogP contribution in [0.5, 0.6) is 0 Å². The van der Waals surface area contributed by atoms with E-state index in [1.807, 2.05) is 0 Å². The van der Waals surface area contributed by atoms with E-state index >= 15 is 0 Å². The number of benzene rings is 2. The van der Waals surface area contributed by atoms with Crippen molar-refractivity contribution in [2.24, 2.45) is 0 Å². The zero-order chi connectivity index (χ0) is 20.2. The highest BCUT2D eigenvalue weighted by atomic mass is 16.4. The molecule has 0 saturated carbocycles. The molecule has 2 aromatic carbocycles. The van der Waals surface area contributed by atoms with E-state index in [4.69, 9.17) is 19.8 Å². The van der Waals surface area contributed by atoms with Crippen LogP contribution in [0.15, 0.2) is 66.7 Å². The number of carboxylic acids is 2. The summed E-state index contributed by atoms with van der Waals surface area (Å²) in [6.45, 7) is 6.77. The molecule has 0 unspecified atom stereocenters. The molecule has 28 heavy (non-hydrogen) atoms. The summed E-state index contributed by atoms with van der Waals surface area (Å²) in [5, 5.41) is 14.8. The van der Waals surface area contributed by atoms with Crippen LogP contribution >= 0.6 is 0 Å². The number of rotatable bonds is 5. The number of piperazine rings is 1. The van der Waals surface area contributed by atoms with Crippen LogP contribution in [-0.2, 0) is 16.1 Å². The van der Waals surface area contributed by atoms with E-state index in [2.05, 4.69) is 82.6 Å². The van der Waals surface area contributed by atoms with Gasteiger partial charge in [0.25, 0.3) is 0 Å². The molecule has 2 N–H and O–H groups in total. The molecule has 0 amide bonds. The van der Waals surface area contributed by atoms with Crippen LogP contribution in [-0.4, -0.2) is 64.7 Å². The van der Waals surface area contributed by atoms with Gasteiger partial charge in [-0.05, 0) is 11.1 Å². The summed E-state index contributed by atoms with van der Waals surface area (Å²) in [6.07, 6.45) is 4.50. The van der Waals surface area contributed by atoms with E-state index in [-0.39, 0.29) is 0 Å². The van der Waals surface area contributed by atoms with Gasteiger partial charge in [-0.3, -0.25) is 9.80 Å². The first-order valence-electron chi connectivity index (χ1n) is 9.21. The first kappa shape index (κ1) is 21.3. The second-order valence-electron chi connectivity index (χ2n) is 6.49. The van der Waals surface area contributed by atoms with Gasteiger partial charge in [0.15, 0.2) is 0 Å². The Balaban J connectivity index is 0.000000409. The average Bonchev–Trinajstić information content (AvgIpc) is 2.71. The maximum absolute atomic E-state index is 9.10. The van der Waals surface area contributed by atoms with Gasteiger partial charge in [-0.25, -0.2) is 9.59 Å². The van der Waals surface area contributed by atoms with Crippen LogP contribution in [0.1, 0.15) is 11.1 Å². The van der Waals surface area contributed by atoms with Gasteiger partial charge in [0.1, 0.15) is 0 Å². The highest BCUT2D eigenvalue weighted by Crippen LogP contribution is 2.09. The SMILES string of the molecule is C(=Cc1ccccc1)CN1CCN(Cc2ccccc2)CC1.O=C(O)C(=O)O. The van der Waals surface area contributed by atoms with Gasteiger partial charge in [0.05, 0.1) is 0 Å². The third-order valence-corrected chi connectivity index (χ3v) is 4.37. The highest BCUT2D eigenvalue weighted by molar-refractivity contribution is 6.27. The van der Waals surface area contributed by atoms with E-state index in [1.165, 1.54) is 11.1 Å². The first-order valence-corrected chi connectivity index (χ1v) is 9.21. The van der Waals surface area contributed by atoms with Crippen molar-refractivity contribution in [3.8, 4) is 0 Å². The smallest absolute Gasteiger partial charge is 0.414 e. The molecule has 0 bridgehead atoms. The van der Waals surface area contributed by atoms with Crippen molar-refractivity contribution >= 4 is 18.0 Å². The van der Waals surface area contributed by atoms with Crippen molar-refractivity contribution in [2.45, 2.75) is 6.54 Å². The van der Waals surface area contributed by atoms with Gasteiger partial charge in [-0.1, -0.05) is 72.8 Å². The molecule has 0 atom stereocenters. The molecule has 0 spiro atoms. The van der Waals surface area contributed by atoms with E-state index < -0.39 is 11.9 Å². The lowest BCUT2D eigenvalue weighted by Gasteiger charge is -2.34. The van der Waals surface area contributed by atoms with Crippen molar-refractivity contribution in [3.63, 3.8) is 0 Å². The maximum Gasteiger partial charge on any atom is 0.414 e. The standard InChI is InChI=1S/C20H24N2.C2H2O4/c1-3-8-19(9-4-1)12-7-13-21-14-16-22(17-15-21)18-20-10-5-2-6-11-20;3-1(4)2(5)6/h1-12H,13-18H2;(H,3,4)(H,5,6). The molecule has 148 valence electrons. The third kappa shape index (κ3) is 8.16. The fourth-order valence-electron chi connectivity index (χ4n) is 2.87. The van der Waals surface area contributed by atoms with Crippen molar-refractivity contribution in [2.75, 3.05) is 32.7 Å². The Morgan fingerprint density at radius 2 is 1.29 bits per heavy atom. The minimum atomic E-state index is -1.82. The van der Waals surface area contributed by atoms with Crippen LogP contribution in [0.4, 0.5) is 0 Å². The summed E-state index contributed by atoms with van der Waals surface area (Å²) in [5.74, 6) is -3.65. The van der Waals surface area contributed by atoms with Crippen molar-refractivity contribution < 1.29 is 19.8 Å². The normalized spacial score (nSPS) is 15.0. The fourth-order valence-corrected chi connectivity index (χ4v) is 2.87. The molecular weight excluding hydrogens is 356 g/mol. The molecular formula is C22H26N2O4. The Labute approximate surface area is 165 Å². The molecule has 1 aliphatic heterocycles. The molecule has 0 aromatic heterocycles. The predicted octanol–water partition coefficient (Wildman–Crippen LogP) is 2.67. The Kier molecular flexibility index (Phi) is 8.91. The van der Waals surface area contributed by atoms with E-state index in [0.717, 1.165) is 39.3 Å². The lowest BCUT2D eigenvalue weighted by Crippen LogP contribution is -2.45. The average molecular weight is 382 g/mol. The summed E-state index contributed by atoms with van der Waals surface area (Å²) in [4.78, 5) is 23.3. The molecule has 2 aromatic rings. The van der Waals surface area contributed by atoms with Crippen LogP contribution in [0, 0.1) is 0 Å². The van der Waals surface area contributed by atoms with Crippen LogP contribution in [0.25, 0.3) is 6.08 Å². The minimum absolute atomic E-state index is 1.05. The Bertz CT molecular complexity index is 743. The van der Waals surface area contributed by atoms with Gasteiger partial charge in [-0.2, -0.15) is 0 Å². The second kappa shape index (κ2) is 11.7. The number of aliphatic carboxylic acids is 2. The summed E-state index contributed by atoms with van der Waals surface area (Å²) >= 11 is 0. The zero-order valence-electron chi connectivity index (χ0n) is 15.8. The van der Waals surface area contributed by atoms with Gasteiger partial charge in [0.2, 0.25) is 0 Å². The summed E-state index contributed by atoms with van der Waals surface area (Å²) in [7, 11) is 0. The van der Waals surface area contributed by atoms with Crippen LogP contribution < -0.4 is 0 Å². The summed E-state index contributed by atoms with van der Waals surface area (Å²) < 4.78 is 0. The molecule has 3 rings (SSSR count). The van der Waals surface area contributed by atoms with Gasteiger partial charge < -0.3 is 10.2 Å². The van der Waals surface area contributed by atoms with Crippen LogP contribution in [0.3, 0.4) is 0 Å². The lowest BCUT2D eigenvalue weighted by molar-refractivity contribution is -0.159. The van der Waals surface area contributed by atoms with Crippen molar-refractivity contribution in [1.82, 2.24) is 9.80 Å². The predicted molar refractivity (Wildman–Crippen MR) is 109 cm³/mol. The molecule has 6 nitrogen and oxygen atoms in total. The van der Waals surface area contributed by atoms with E-state index in [1.54, 1.807) is 0 Å². The highest BCUT2D eigenvalue weighted by Gasteiger charge is 2.15. The zero-order valence-corrected chi connectivity index (χ0v) is 15.8. The van der Waals surface area contributed by atoms with E-state index in [0.29, 0.717) is 0 Å². The molecule has 0 radical (unpaired) electrons. The number of hydrogen-bond acceptors (Lipinski definition) is 4. The molecule has 0 aliphatic carbocycles. The van der Waals surface area contributed by atoms with E-state index in [9.17, 15) is 0 Å². The number of hydrogen-bond donors (Lipinski definition) is 2. The first-order chi connectivity index (χ1) is 13.5. The monoisotopic (exact) mass is 382 g/mol. The molecule has 1 fully saturated rings. The lowest BCUT2D eigenvalue weighted by atomic mass is 10.2. The molecule has 1 aliphatic rings. The Morgan fingerprint density at radius 3 is 1.82 bits per heavy atom. The Hall–Kier alpha value is -2.96. The molecule has 1 heterocycles. The molecule has 6 heteroatoms. The number of nitrogens with zero attached hydrogens (tertiary/aromatic N) is 2. The fraction of sp³-hybridized carbons (Fsp3) is 0.273. The van der Waals surface area contributed by atoms with Gasteiger partial charge in [0, 0.05) is 39.3 Å². The second-order valence-corrected chi connectivity index (χ2v) is 6.49. The molecule has 1 saturated heterocycles. The van der Waals surface area contributed by atoms with Crippen LogP contribution in [0.2, 0.25) is 0 Å². The minimum Gasteiger partial charge on any atom is -0.473 e. The number of carbonyl (C=O) groups is 2. The van der Waals surface area contributed by atoms with Gasteiger partial charge >= 0.3 is 11.9 Å². The Morgan fingerprint density at radius 1 is 0.786 bits per heavy atom. The summed E-state index contributed by atoms with van der Waals surface area (Å²) in [6, 6.07) is 21.3. The topological polar surface area (TPSA) is 81.1 Å². The maximum atomic E-state index is 9.10. The van der Waals surface area contributed by atoms with Gasteiger partial charge in [-0.15, -0.1) is 0 Å².